The van der Waals surface area contributed by atoms with E-state index in [1.165, 1.54) is 0 Å². The van der Waals surface area contributed by atoms with Crippen LogP contribution < -0.4 is 30.3 Å². The second-order valence-electron chi connectivity index (χ2n) is 8.92. The monoisotopic (exact) mass is 542 g/mol. The predicted octanol–water partition coefficient (Wildman–Crippen LogP) is 3.67. The molecule has 5 N–H and O–H groups in total. The molecule has 1 fully saturated rings. The molecule has 0 radical (unpaired) electrons. The third-order valence-corrected chi connectivity index (χ3v) is 6.22. The highest BCUT2D eigenvalue weighted by molar-refractivity contribution is 5.95. The van der Waals surface area contributed by atoms with Crippen molar-refractivity contribution in [1.82, 2.24) is 9.88 Å². The maximum absolute atomic E-state index is 12.6. The second-order valence-corrected chi connectivity index (χ2v) is 8.92. The number of piperazine rings is 1. The van der Waals surface area contributed by atoms with E-state index in [-0.39, 0.29) is 11.4 Å². The van der Waals surface area contributed by atoms with Gasteiger partial charge in [0.1, 0.15) is 34.4 Å². The molecule has 1 saturated heterocycles. The Morgan fingerprint density at radius 1 is 0.750 bits per heavy atom. The Hall–Kier alpha value is -5.13. The molecule has 0 aliphatic carbocycles. The number of amides is 2. The van der Waals surface area contributed by atoms with Gasteiger partial charge in [0.05, 0.1) is 0 Å². The molecule has 0 atom stereocenters. The fourth-order valence-corrected chi connectivity index (χ4v) is 4.09. The standard InChI is InChI=1S/C29H27N5O6/c30-27(35)25-14-15-26(31-28(25)39-23-12-10-22(11-13-23)38-21-4-2-1-3-5-21)33-16-18-34(19-17-33)29(36)40-24-8-6-20(32-37)7-9-24/h1-15,32,37H,16-19H2,(H2,30,35)/p+1. The van der Waals surface area contributed by atoms with Crippen LogP contribution in [-0.2, 0) is 0 Å². The first-order chi connectivity index (χ1) is 19.5. The molecule has 11 nitrogen and oxygen atoms in total. The summed E-state index contributed by atoms with van der Waals surface area (Å²) in [4.78, 5) is 32.8. The van der Waals surface area contributed by atoms with Crippen LogP contribution in [0.2, 0.25) is 0 Å². The number of carbonyl (C=O) groups is 2. The first kappa shape index (κ1) is 26.5. The third kappa shape index (κ3) is 6.46. The van der Waals surface area contributed by atoms with Gasteiger partial charge >= 0.3 is 6.09 Å². The molecule has 0 bridgehead atoms. The fourth-order valence-electron chi connectivity index (χ4n) is 4.09. The highest BCUT2D eigenvalue weighted by atomic mass is 16.6. The van der Waals surface area contributed by atoms with Gasteiger partial charge in [0.2, 0.25) is 5.88 Å². The largest absolute Gasteiger partial charge is 0.457 e. The molecule has 0 unspecified atom stereocenters. The van der Waals surface area contributed by atoms with Crippen LogP contribution in [0.5, 0.6) is 28.9 Å². The Labute approximate surface area is 230 Å². The zero-order chi connectivity index (χ0) is 27.9. The van der Waals surface area contributed by atoms with Crippen molar-refractivity contribution in [2.45, 2.75) is 0 Å². The van der Waals surface area contributed by atoms with Crippen molar-refractivity contribution in [2.24, 2.45) is 5.73 Å². The number of primary amides is 1. The van der Waals surface area contributed by atoms with Crippen LogP contribution in [0, 0.1) is 0 Å². The zero-order valence-electron chi connectivity index (χ0n) is 21.5. The lowest BCUT2D eigenvalue weighted by atomic mass is 10.2. The summed E-state index contributed by atoms with van der Waals surface area (Å²) < 4.78 is 17.2. The lowest BCUT2D eigenvalue weighted by molar-refractivity contribution is -0.825. The van der Waals surface area contributed by atoms with Crippen molar-refractivity contribution in [2.75, 3.05) is 31.1 Å². The van der Waals surface area contributed by atoms with Gasteiger partial charge in [-0.1, -0.05) is 18.2 Å². The smallest absolute Gasteiger partial charge is 0.415 e. The minimum absolute atomic E-state index is 0.0899. The molecule has 11 heteroatoms. The first-order valence-electron chi connectivity index (χ1n) is 12.6. The van der Waals surface area contributed by atoms with Crippen molar-refractivity contribution < 1.29 is 34.5 Å². The van der Waals surface area contributed by atoms with Crippen LogP contribution in [-0.4, -0.2) is 53.3 Å². The average Bonchev–Trinajstić information content (AvgIpc) is 2.99. The van der Waals surface area contributed by atoms with E-state index in [9.17, 15) is 9.59 Å². The van der Waals surface area contributed by atoms with Gasteiger partial charge in [-0.25, -0.2) is 10.0 Å². The Kier molecular flexibility index (Phi) is 8.05. The number of nitrogens with two attached hydrogens (primary N) is 2. The maximum atomic E-state index is 12.6. The number of para-hydroxylation sites is 1. The molecule has 1 aromatic heterocycles. The van der Waals surface area contributed by atoms with E-state index in [1.54, 1.807) is 65.6 Å². The van der Waals surface area contributed by atoms with Crippen molar-refractivity contribution >= 4 is 23.5 Å². The minimum atomic E-state index is -0.657. The summed E-state index contributed by atoms with van der Waals surface area (Å²) in [6, 6.07) is 26.2. The average molecular weight is 543 g/mol. The number of ether oxygens (including phenoxy) is 3. The fraction of sp³-hybridized carbons (Fsp3) is 0.138. The number of carbonyl (C=O) groups excluding carboxylic acids is 2. The van der Waals surface area contributed by atoms with Gasteiger partial charge < -0.3 is 29.7 Å². The summed E-state index contributed by atoms with van der Waals surface area (Å²) >= 11 is 0. The van der Waals surface area contributed by atoms with Gasteiger partial charge in [-0.2, -0.15) is 10.5 Å². The number of benzene rings is 3. The van der Waals surface area contributed by atoms with Gasteiger partial charge in [-0.15, -0.1) is 0 Å². The van der Waals surface area contributed by atoms with Gasteiger partial charge in [0.25, 0.3) is 5.91 Å². The normalized spacial score (nSPS) is 13.0. The van der Waals surface area contributed by atoms with Crippen LogP contribution in [0.15, 0.2) is 91.0 Å². The van der Waals surface area contributed by atoms with Crippen molar-refractivity contribution in [3.8, 4) is 28.9 Å². The van der Waals surface area contributed by atoms with Crippen LogP contribution >= 0.6 is 0 Å². The van der Waals surface area contributed by atoms with E-state index >= 15 is 0 Å². The molecule has 2 heterocycles. The zero-order valence-corrected chi connectivity index (χ0v) is 21.5. The van der Waals surface area contributed by atoms with Gasteiger partial charge in [-0.05, 0) is 60.7 Å². The predicted molar refractivity (Wildman–Crippen MR) is 145 cm³/mol. The van der Waals surface area contributed by atoms with E-state index < -0.39 is 12.0 Å². The minimum Gasteiger partial charge on any atom is -0.457 e. The summed E-state index contributed by atoms with van der Waals surface area (Å²) in [5.41, 5.74) is 7.31. The van der Waals surface area contributed by atoms with Crippen LogP contribution in [0.1, 0.15) is 10.4 Å². The molecular weight excluding hydrogens is 514 g/mol. The summed E-state index contributed by atoms with van der Waals surface area (Å²) in [5.74, 6) is 2.22. The van der Waals surface area contributed by atoms with E-state index in [4.69, 9.17) is 25.2 Å². The number of nitrogens with zero attached hydrogens (tertiary/aromatic N) is 3. The van der Waals surface area contributed by atoms with E-state index in [1.807, 2.05) is 35.2 Å². The molecule has 0 spiro atoms. The summed E-state index contributed by atoms with van der Waals surface area (Å²) in [6.45, 7) is 1.84. The number of pyridine rings is 1. The molecule has 2 amide bonds. The number of hydrogen-bond donors (Lipinski definition) is 3. The lowest BCUT2D eigenvalue weighted by Gasteiger charge is -2.34. The quantitative estimate of drug-likeness (QED) is 0.226. The number of rotatable bonds is 8. The van der Waals surface area contributed by atoms with E-state index in [2.05, 4.69) is 4.98 Å². The first-order valence-corrected chi connectivity index (χ1v) is 12.6. The molecule has 3 aromatic carbocycles. The molecule has 1 aliphatic rings. The Balaban J connectivity index is 1.22. The van der Waals surface area contributed by atoms with Crippen LogP contribution in [0.3, 0.4) is 0 Å². The third-order valence-electron chi connectivity index (χ3n) is 6.22. The van der Waals surface area contributed by atoms with Crippen molar-refractivity contribution in [1.29, 1.82) is 0 Å². The maximum Gasteiger partial charge on any atom is 0.415 e. The molecule has 0 saturated carbocycles. The summed E-state index contributed by atoms with van der Waals surface area (Å²) in [7, 11) is 0. The number of anilines is 1. The second kappa shape index (κ2) is 12.2. The van der Waals surface area contributed by atoms with Crippen LogP contribution in [0.4, 0.5) is 16.3 Å². The SMILES string of the molecule is NC(=O)c1ccc(N2CCN(C(=O)Oc3ccc([NH2+]O)cc3)CC2)nc1Oc1ccc(Oc2ccccc2)cc1. The number of aromatic nitrogens is 1. The Morgan fingerprint density at radius 3 is 1.98 bits per heavy atom. The Morgan fingerprint density at radius 2 is 1.35 bits per heavy atom. The van der Waals surface area contributed by atoms with Crippen molar-refractivity contribution in [3.05, 3.63) is 96.6 Å². The Bertz CT molecular complexity index is 1460. The number of quaternary nitrogens is 1. The van der Waals surface area contributed by atoms with Crippen LogP contribution in [0.25, 0.3) is 0 Å². The summed E-state index contributed by atoms with van der Waals surface area (Å²) in [5, 5.41) is 9.04. The van der Waals surface area contributed by atoms with Gasteiger partial charge in [0, 0.05) is 38.3 Å². The lowest BCUT2D eigenvalue weighted by Crippen LogP contribution is -2.73. The number of hydrogen-bond acceptors (Lipinski definition) is 8. The molecule has 4 aromatic rings. The molecule has 5 rings (SSSR count). The van der Waals surface area contributed by atoms with Gasteiger partial charge in [0.15, 0.2) is 5.69 Å². The highest BCUT2D eigenvalue weighted by Gasteiger charge is 2.25. The van der Waals surface area contributed by atoms with E-state index in [0.717, 1.165) is 5.48 Å². The van der Waals surface area contributed by atoms with Gasteiger partial charge in [-0.3, -0.25) is 4.79 Å². The molecule has 40 heavy (non-hydrogen) atoms. The molecule has 1 aliphatic heterocycles. The molecular formula is C29H28N5O6+. The highest BCUT2D eigenvalue weighted by Crippen LogP contribution is 2.29. The molecule has 204 valence electrons. The summed E-state index contributed by atoms with van der Waals surface area (Å²) in [6.07, 6.45) is -0.457. The van der Waals surface area contributed by atoms with Crippen molar-refractivity contribution in [3.63, 3.8) is 0 Å². The topological polar surface area (TPSA) is 144 Å². The van der Waals surface area contributed by atoms with E-state index in [0.29, 0.717) is 60.7 Å².